The molecule has 0 amide bonds. The van der Waals surface area contributed by atoms with E-state index in [0.717, 1.165) is 19.3 Å². The lowest BCUT2D eigenvalue weighted by atomic mass is 9.28. The molecule has 3 unspecified atom stereocenters. The number of hydrogen-bond donors (Lipinski definition) is 0. The fourth-order valence-corrected chi connectivity index (χ4v) is 2.54. The summed E-state index contributed by atoms with van der Waals surface area (Å²) in [7, 11) is 0. The van der Waals surface area contributed by atoms with Crippen LogP contribution in [0, 0.1) is 5.92 Å². The molecular weight excluding hydrogens is 217 g/mol. The molecule has 0 N–H and O–H groups in total. The van der Waals surface area contributed by atoms with Gasteiger partial charge in [0.2, 0.25) is 0 Å². The summed E-state index contributed by atoms with van der Waals surface area (Å²) in [6.45, 7) is 12.3. The maximum absolute atomic E-state index is 13.3. The predicted molar refractivity (Wildman–Crippen MR) is 73.9 cm³/mol. The van der Waals surface area contributed by atoms with Crippen LogP contribution in [0.4, 0.5) is 8.78 Å². The molecule has 3 atom stereocenters. The average Bonchev–Trinajstić information content (AvgIpc) is 2.32. The van der Waals surface area contributed by atoms with Gasteiger partial charge in [-0.25, -0.2) is 0 Å². The van der Waals surface area contributed by atoms with Crippen LogP contribution in [0.25, 0.3) is 0 Å². The molecule has 0 saturated heterocycles. The van der Waals surface area contributed by atoms with Crippen LogP contribution in [-0.4, -0.2) is 6.71 Å². The Morgan fingerprint density at radius 2 is 1.29 bits per heavy atom. The van der Waals surface area contributed by atoms with Crippen LogP contribution < -0.4 is 0 Å². The Hall–Kier alpha value is -0.335. The molecule has 0 aromatic rings. The molecule has 0 saturated carbocycles. The van der Waals surface area contributed by atoms with E-state index in [1.54, 1.807) is 0 Å². The summed E-state index contributed by atoms with van der Waals surface area (Å²) in [5.74, 6) is 0.652. The quantitative estimate of drug-likeness (QED) is 0.495. The number of rotatable bonds is 7. The standard InChI is InChI=1S/C14H27BF2/c1-7-10(4)13(14(16)17)15(11(5)8-2)12(6)9-3/h10-12H,7-9H2,1-6H3. The zero-order chi connectivity index (χ0) is 13.6. The molecular formula is C14H27BF2. The molecule has 0 radical (unpaired) electrons. The zero-order valence-electron chi connectivity index (χ0n) is 12.2. The molecule has 0 nitrogen and oxygen atoms in total. The van der Waals surface area contributed by atoms with Crippen molar-refractivity contribution in [2.45, 2.75) is 72.4 Å². The van der Waals surface area contributed by atoms with Gasteiger partial charge in [0.25, 0.3) is 6.08 Å². The summed E-state index contributed by atoms with van der Waals surface area (Å²) >= 11 is 0. The average molecular weight is 244 g/mol. The summed E-state index contributed by atoms with van der Waals surface area (Å²) in [4.78, 5) is 0. The molecule has 3 heteroatoms. The third-order valence-corrected chi connectivity index (χ3v) is 4.23. The van der Waals surface area contributed by atoms with Gasteiger partial charge in [-0.1, -0.05) is 72.4 Å². The van der Waals surface area contributed by atoms with Crippen molar-refractivity contribution >= 4 is 6.71 Å². The number of hydrogen-bond acceptors (Lipinski definition) is 0. The number of allylic oxidation sites excluding steroid dienone is 1. The lowest BCUT2D eigenvalue weighted by Crippen LogP contribution is -2.30. The highest BCUT2D eigenvalue weighted by atomic mass is 19.3. The second-order valence-corrected chi connectivity index (χ2v) is 5.32. The van der Waals surface area contributed by atoms with Gasteiger partial charge in [0.15, 0.2) is 6.71 Å². The maximum Gasteiger partial charge on any atom is 0.261 e. The Morgan fingerprint density at radius 3 is 1.53 bits per heavy atom. The molecule has 0 spiro atoms. The van der Waals surface area contributed by atoms with Crippen molar-refractivity contribution in [2.24, 2.45) is 5.92 Å². The largest absolute Gasteiger partial charge is 0.261 e. The summed E-state index contributed by atoms with van der Waals surface area (Å²) in [5.41, 5.74) is 0.413. The number of halogens is 2. The van der Waals surface area contributed by atoms with Crippen LogP contribution in [0.1, 0.15) is 60.8 Å². The van der Waals surface area contributed by atoms with Gasteiger partial charge in [-0.3, -0.25) is 0 Å². The van der Waals surface area contributed by atoms with Gasteiger partial charge in [0, 0.05) is 0 Å². The second-order valence-electron chi connectivity index (χ2n) is 5.32. The molecule has 0 bridgehead atoms. The fraction of sp³-hybridized carbons (Fsp3) is 0.857. The smallest absolute Gasteiger partial charge is 0.174 e. The molecule has 100 valence electrons. The topological polar surface area (TPSA) is 0 Å². The van der Waals surface area contributed by atoms with Crippen LogP contribution in [-0.2, 0) is 0 Å². The van der Waals surface area contributed by atoms with Crippen molar-refractivity contribution in [3.05, 3.63) is 11.6 Å². The van der Waals surface area contributed by atoms with Gasteiger partial charge in [0.1, 0.15) is 0 Å². The molecule has 0 aliphatic rings. The van der Waals surface area contributed by atoms with Crippen molar-refractivity contribution < 1.29 is 8.78 Å². The highest BCUT2D eigenvalue weighted by Gasteiger charge is 2.34. The normalized spacial score (nSPS) is 16.2. The molecule has 17 heavy (non-hydrogen) atoms. The van der Waals surface area contributed by atoms with Crippen LogP contribution in [0.5, 0.6) is 0 Å². The van der Waals surface area contributed by atoms with E-state index in [4.69, 9.17) is 0 Å². The lowest BCUT2D eigenvalue weighted by Gasteiger charge is -2.30. The molecule has 0 aromatic carbocycles. The van der Waals surface area contributed by atoms with Crippen molar-refractivity contribution in [3.8, 4) is 0 Å². The van der Waals surface area contributed by atoms with Crippen molar-refractivity contribution in [2.75, 3.05) is 0 Å². The molecule has 0 heterocycles. The minimum absolute atomic E-state index is 0.00648. The molecule has 0 rings (SSSR count). The minimum Gasteiger partial charge on any atom is -0.174 e. The maximum atomic E-state index is 13.3. The Kier molecular flexibility index (Phi) is 7.73. The molecule has 0 aliphatic heterocycles. The Morgan fingerprint density at radius 1 is 0.882 bits per heavy atom. The first-order chi connectivity index (χ1) is 7.90. The third kappa shape index (κ3) is 4.44. The van der Waals surface area contributed by atoms with E-state index in [-0.39, 0.29) is 12.6 Å². The molecule has 0 aliphatic carbocycles. The zero-order valence-corrected chi connectivity index (χ0v) is 12.2. The van der Waals surface area contributed by atoms with E-state index < -0.39 is 6.08 Å². The molecule has 0 aromatic heterocycles. The predicted octanol–water partition coefficient (Wildman–Crippen LogP) is 5.82. The first kappa shape index (κ1) is 16.7. The van der Waals surface area contributed by atoms with Gasteiger partial charge < -0.3 is 0 Å². The van der Waals surface area contributed by atoms with Crippen LogP contribution in [0.2, 0.25) is 11.6 Å². The highest BCUT2D eigenvalue weighted by Crippen LogP contribution is 2.37. The monoisotopic (exact) mass is 244 g/mol. The summed E-state index contributed by atoms with van der Waals surface area (Å²) < 4.78 is 26.5. The van der Waals surface area contributed by atoms with Crippen LogP contribution in [0.3, 0.4) is 0 Å². The first-order valence-corrected chi connectivity index (χ1v) is 6.95. The van der Waals surface area contributed by atoms with Crippen molar-refractivity contribution in [1.82, 2.24) is 0 Å². The van der Waals surface area contributed by atoms with Gasteiger partial charge in [-0.2, -0.15) is 8.78 Å². The summed E-state index contributed by atoms with van der Waals surface area (Å²) in [6.07, 6.45) is 1.27. The van der Waals surface area contributed by atoms with E-state index in [0.29, 0.717) is 17.1 Å². The Bertz CT molecular complexity index is 237. The minimum atomic E-state index is -1.44. The third-order valence-electron chi connectivity index (χ3n) is 4.23. The molecule has 0 fully saturated rings. The van der Waals surface area contributed by atoms with E-state index in [9.17, 15) is 8.78 Å². The highest BCUT2D eigenvalue weighted by molar-refractivity contribution is 6.69. The van der Waals surface area contributed by atoms with Gasteiger partial charge >= 0.3 is 0 Å². The van der Waals surface area contributed by atoms with E-state index in [2.05, 4.69) is 27.7 Å². The van der Waals surface area contributed by atoms with E-state index >= 15 is 0 Å². The van der Waals surface area contributed by atoms with Gasteiger partial charge in [-0.15, -0.1) is 0 Å². The van der Waals surface area contributed by atoms with Gasteiger partial charge in [-0.05, 0) is 11.4 Å². The first-order valence-electron chi connectivity index (χ1n) is 6.95. The Balaban J connectivity index is 5.31. The van der Waals surface area contributed by atoms with E-state index in [1.165, 1.54) is 0 Å². The van der Waals surface area contributed by atoms with Crippen molar-refractivity contribution in [1.29, 1.82) is 0 Å². The van der Waals surface area contributed by atoms with Crippen LogP contribution in [0.15, 0.2) is 11.6 Å². The SMILES string of the molecule is CCC(C)B(C(=C(F)F)C(C)CC)C(C)CC. The van der Waals surface area contributed by atoms with Crippen molar-refractivity contribution in [3.63, 3.8) is 0 Å². The summed E-state index contributed by atoms with van der Waals surface area (Å²) in [5, 5.41) is 0. The lowest BCUT2D eigenvalue weighted by molar-refractivity contribution is 0.402. The fourth-order valence-electron chi connectivity index (χ4n) is 2.54. The Labute approximate surface area is 106 Å². The van der Waals surface area contributed by atoms with Gasteiger partial charge in [0.05, 0.1) is 0 Å². The summed E-state index contributed by atoms with van der Waals surface area (Å²) in [6, 6.07) is 0. The van der Waals surface area contributed by atoms with Crippen LogP contribution >= 0.6 is 0 Å². The van der Waals surface area contributed by atoms with E-state index in [1.807, 2.05) is 13.8 Å². The second kappa shape index (κ2) is 7.89.